The summed E-state index contributed by atoms with van der Waals surface area (Å²) in [7, 11) is -3.59. The molecule has 0 aromatic heterocycles. The Hall–Kier alpha value is -0.000000000000000167. The quantitative estimate of drug-likeness (QED) is 0.729. The highest BCUT2D eigenvalue weighted by Crippen LogP contribution is 2.35. The average molecular weight is 371 g/mol. The molecule has 1 aromatic rings. The SMILES string of the molecule is CCC1CCN(S(=O)(=O)c2ccc(Cl)c(CCl)c2Cl)CC1. The van der Waals surface area contributed by atoms with Crippen molar-refractivity contribution in [1.29, 1.82) is 0 Å². The lowest BCUT2D eigenvalue weighted by molar-refractivity contribution is 0.269. The Morgan fingerprint density at radius 2 is 1.86 bits per heavy atom. The number of sulfonamides is 1. The van der Waals surface area contributed by atoms with Crippen LogP contribution in [0.3, 0.4) is 0 Å². The van der Waals surface area contributed by atoms with Crippen LogP contribution in [-0.2, 0) is 15.9 Å². The Morgan fingerprint density at radius 1 is 1.24 bits per heavy atom. The molecule has 0 N–H and O–H groups in total. The summed E-state index contributed by atoms with van der Waals surface area (Å²) in [4.78, 5) is 0.0964. The maximum atomic E-state index is 12.7. The lowest BCUT2D eigenvalue weighted by Crippen LogP contribution is -2.38. The number of nitrogens with zero attached hydrogens (tertiary/aromatic N) is 1. The average Bonchev–Trinajstić information content (AvgIpc) is 2.47. The van der Waals surface area contributed by atoms with E-state index in [0.29, 0.717) is 29.6 Å². The first kappa shape index (κ1) is 17.4. The number of alkyl halides is 1. The maximum Gasteiger partial charge on any atom is 0.244 e. The largest absolute Gasteiger partial charge is 0.244 e. The number of rotatable bonds is 4. The van der Waals surface area contributed by atoms with Crippen molar-refractivity contribution < 1.29 is 8.42 Å². The Kier molecular flexibility index (Phi) is 5.83. The molecule has 0 saturated carbocycles. The van der Waals surface area contributed by atoms with Crippen LogP contribution < -0.4 is 0 Å². The van der Waals surface area contributed by atoms with E-state index in [1.54, 1.807) is 0 Å². The molecule has 1 aliphatic rings. The second-order valence-corrected chi connectivity index (χ2v) is 8.19. The van der Waals surface area contributed by atoms with Gasteiger partial charge in [0.05, 0.1) is 10.9 Å². The molecule has 0 bridgehead atoms. The van der Waals surface area contributed by atoms with Crippen LogP contribution in [0, 0.1) is 5.92 Å². The van der Waals surface area contributed by atoms with Gasteiger partial charge in [-0.25, -0.2) is 8.42 Å². The van der Waals surface area contributed by atoms with E-state index >= 15 is 0 Å². The summed E-state index contributed by atoms with van der Waals surface area (Å²) in [5.41, 5.74) is 0.463. The molecule has 3 nitrogen and oxygen atoms in total. The summed E-state index contributed by atoms with van der Waals surface area (Å²) >= 11 is 18.0. The second kappa shape index (κ2) is 7.05. The molecule has 0 spiro atoms. The Balaban J connectivity index is 2.33. The highest BCUT2D eigenvalue weighted by molar-refractivity contribution is 7.89. The van der Waals surface area contributed by atoms with E-state index < -0.39 is 10.0 Å². The normalized spacial score (nSPS) is 18.1. The van der Waals surface area contributed by atoms with Gasteiger partial charge in [0.1, 0.15) is 4.90 Å². The second-order valence-electron chi connectivity index (χ2n) is 5.23. The first-order valence-corrected chi connectivity index (χ1v) is 9.67. The number of halogens is 3. The van der Waals surface area contributed by atoms with Gasteiger partial charge >= 0.3 is 0 Å². The van der Waals surface area contributed by atoms with Gasteiger partial charge < -0.3 is 0 Å². The maximum absolute atomic E-state index is 12.7. The van der Waals surface area contributed by atoms with E-state index in [1.165, 1.54) is 16.4 Å². The molecule has 0 unspecified atom stereocenters. The van der Waals surface area contributed by atoms with Gasteiger partial charge in [0, 0.05) is 23.7 Å². The molecule has 118 valence electrons. The van der Waals surface area contributed by atoms with Crippen LogP contribution in [0.4, 0.5) is 0 Å². The van der Waals surface area contributed by atoms with Gasteiger partial charge in [0.2, 0.25) is 10.0 Å². The monoisotopic (exact) mass is 369 g/mol. The van der Waals surface area contributed by atoms with Crippen molar-refractivity contribution in [3.05, 3.63) is 27.7 Å². The highest BCUT2D eigenvalue weighted by atomic mass is 35.5. The fraction of sp³-hybridized carbons (Fsp3) is 0.571. The summed E-state index contributed by atoms with van der Waals surface area (Å²) in [5.74, 6) is 0.689. The molecule has 1 heterocycles. The van der Waals surface area contributed by atoms with E-state index in [-0.39, 0.29) is 15.8 Å². The van der Waals surface area contributed by atoms with Crippen molar-refractivity contribution in [3.63, 3.8) is 0 Å². The molecule has 1 aliphatic heterocycles. The molecular formula is C14H18Cl3NO2S. The van der Waals surface area contributed by atoms with Crippen LogP contribution >= 0.6 is 34.8 Å². The van der Waals surface area contributed by atoms with Gasteiger partial charge in [-0.3, -0.25) is 0 Å². The van der Waals surface area contributed by atoms with Crippen molar-refractivity contribution in [3.8, 4) is 0 Å². The minimum Gasteiger partial charge on any atom is -0.207 e. The van der Waals surface area contributed by atoms with Gasteiger partial charge in [-0.2, -0.15) is 4.31 Å². The molecule has 7 heteroatoms. The van der Waals surface area contributed by atoms with Crippen LogP contribution in [0.1, 0.15) is 31.7 Å². The van der Waals surface area contributed by atoms with Crippen LogP contribution in [0.15, 0.2) is 17.0 Å². The molecule has 2 rings (SSSR count). The zero-order valence-electron chi connectivity index (χ0n) is 11.8. The zero-order valence-corrected chi connectivity index (χ0v) is 14.9. The minimum absolute atomic E-state index is 0.0823. The molecule has 0 amide bonds. The third-order valence-electron chi connectivity index (χ3n) is 4.05. The summed E-state index contributed by atoms with van der Waals surface area (Å²) < 4.78 is 27.0. The standard InChI is InChI=1S/C14H18Cl3NO2S/c1-2-10-5-7-18(8-6-10)21(19,20)13-4-3-12(16)11(9-15)14(13)17/h3-4,10H,2,5-9H2,1H3. The predicted octanol–water partition coefficient (Wildman–Crippen LogP) is 4.54. The number of piperidine rings is 1. The number of benzene rings is 1. The van der Waals surface area contributed by atoms with Crippen LogP contribution in [0.5, 0.6) is 0 Å². The van der Waals surface area contributed by atoms with Crippen molar-refractivity contribution in [2.24, 2.45) is 5.92 Å². The predicted molar refractivity (Wildman–Crippen MR) is 87.8 cm³/mol. The molecule has 0 atom stereocenters. The fourth-order valence-corrected chi connectivity index (χ4v) is 5.37. The molecule has 1 fully saturated rings. The van der Waals surface area contributed by atoms with Gasteiger partial charge in [-0.1, -0.05) is 36.5 Å². The molecule has 21 heavy (non-hydrogen) atoms. The van der Waals surface area contributed by atoms with Crippen molar-refractivity contribution in [1.82, 2.24) is 4.31 Å². The minimum atomic E-state index is -3.59. The lowest BCUT2D eigenvalue weighted by atomic mass is 9.96. The van der Waals surface area contributed by atoms with E-state index in [9.17, 15) is 8.42 Å². The Bertz CT molecular complexity index is 611. The molecule has 1 saturated heterocycles. The van der Waals surface area contributed by atoms with Crippen molar-refractivity contribution in [2.45, 2.75) is 37.0 Å². The first-order valence-electron chi connectivity index (χ1n) is 6.94. The van der Waals surface area contributed by atoms with E-state index in [0.717, 1.165) is 19.3 Å². The lowest BCUT2D eigenvalue weighted by Gasteiger charge is -2.31. The van der Waals surface area contributed by atoms with Gasteiger partial charge in [0.25, 0.3) is 0 Å². The summed E-state index contributed by atoms with van der Waals surface area (Å²) in [6.07, 6.45) is 2.87. The third-order valence-corrected chi connectivity index (χ3v) is 7.16. The molecular weight excluding hydrogens is 353 g/mol. The molecule has 0 aliphatic carbocycles. The van der Waals surface area contributed by atoms with Crippen LogP contribution in [0.25, 0.3) is 0 Å². The van der Waals surface area contributed by atoms with E-state index in [4.69, 9.17) is 34.8 Å². The van der Waals surface area contributed by atoms with E-state index in [2.05, 4.69) is 6.92 Å². The smallest absolute Gasteiger partial charge is 0.207 e. The van der Waals surface area contributed by atoms with Crippen molar-refractivity contribution in [2.75, 3.05) is 13.1 Å². The fourth-order valence-electron chi connectivity index (χ4n) is 2.59. The topological polar surface area (TPSA) is 37.4 Å². The molecule has 0 radical (unpaired) electrons. The summed E-state index contributed by atoms with van der Waals surface area (Å²) in [5, 5.41) is 0.522. The first-order chi connectivity index (χ1) is 9.91. The molecule has 1 aromatic carbocycles. The van der Waals surface area contributed by atoms with Gasteiger partial charge in [-0.05, 0) is 30.9 Å². The van der Waals surface area contributed by atoms with Crippen molar-refractivity contribution >= 4 is 44.8 Å². The zero-order chi connectivity index (χ0) is 15.6. The van der Waals surface area contributed by atoms with E-state index in [1.807, 2.05) is 0 Å². The Labute approximate surface area is 141 Å². The van der Waals surface area contributed by atoms with Crippen LogP contribution in [-0.4, -0.2) is 25.8 Å². The summed E-state index contributed by atoms with van der Waals surface area (Å²) in [6.45, 7) is 3.21. The van der Waals surface area contributed by atoms with Gasteiger partial charge in [-0.15, -0.1) is 11.6 Å². The van der Waals surface area contributed by atoms with Gasteiger partial charge in [0.15, 0.2) is 0 Å². The third kappa shape index (κ3) is 3.50. The summed E-state index contributed by atoms with van der Waals surface area (Å²) in [6, 6.07) is 3.00. The highest BCUT2D eigenvalue weighted by Gasteiger charge is 2.31. The van der Waals surface area contributed by atoms with Crippen LogP contribution in [0.2, 0.25) is 10.0 Å². The Morgan fingerprint density at radius 3 is 2.38 bits per heavy atom. The number of hydrogen-bond donors (Lipinski definition) is 0. The number of hydrogen-bond acceptors (Lipinski definition) is 2.